The summed E-state index contributed by atoms with van der Waals surface area (Å²) in [6.45, 7) is 9.34. The molecule has 0 radical (unpaired) electrons. The number of hydrogen-bond donors (Lipinski definition) is 2. The molecule has 0 bridgehead atoms. The van der Waals surface area contributed by atoms with E-state index in [1.54, 1.807) is 4.31 Å². The number of rotatable bonds is 9. The van der Waals surface area contributed by atoms with E-state index in [1.807, 2.05) is 13.8 Å². The lowest BCUT2D eigenvalue weighted by molar-refractivity contribution is 0.279. The van der Waals surface area contributed by atoms with Gasteiger partial charge in [0.25, 0.3) is 10.2 Å². The molecular weight excluding hydrogens is 288 g/mol. The maximum atomic E-state index is 12.2. The Morgan fingerprint density at radius 3 is 2.52 bits per heavy atom. The van der Waals surface area contributed by atoms with Crippen LogP contribution in [0.1, 0.15) is 39.5 Å². The zero-order chi connectivity index (χ0) is 15.7. The molecule has 1 saturated heterocycles. The summed E-state index contributed by atoms with van der Waals surface area (Å²) in [5.41, 5.74) is 5.49. The fourth-order valence-corrected chi connectivity index (χ4v) is 3.85. The second-order valence-corrected chi connectivity index (χ2v) is 7.95. The Kier molecular flexibility index (Phi) is 8.73. The first kappa shape index (κ1) is 18.8. The number of hydrogen-bond acceptors (Lipinski definition) is 4. The molecule has 7 heteroatoms. The van der Waals surface area contributed by atoms with Crippen LogP contribution in [0.4, 0.5) is 0 Å². The maximum absolute atomic E-state index is 12.2. The molecule has 0 aromatic rings. The zero-order valence-corrected chi connectivity index (χ0v) is 14.4. The smallest absolute Gasteiger partial charge is 0.279 e. The minimum atomic E-state index is -3.31. The quantitative estimate of drug-likeness (QED) is 0.610. The lowest BCUT2D eigenvalue weighted by atomic mass is 10.2. The van der Waals surface area contributed by atoms with Gasteiger partial charge in [-0.25, -0.2) is 4.72 Å². The third kappa shape index (κ3) is 7.56. The molecule has 0 spiro atoms. The van der Waals surface area contributed by atoms with Gasteiger partial charge in [-0.1, -0.05) is 20.3 Å². The average molecular weight is 321 g/mol. The van der Waals surface area contributed by atoms with E-state index >= 15 is 0 Å². The van der Waals surface area contributed by atoms with Gasteiger partial charge in [-0.05, 0) is 44.8 Å². The summed E-state index contributed by atoms with van der Waals surface area (Å²) in [7, 11) is -3.31. The predicted octanol–water partition coefficient (Wildman–Crippen LogP) is 0.614. The Morgan fingerprint density at radius 2 is 1.86 bits per heavy atom. The van der Waals surface area contributed by atoms with E-state index in [4.69, 9.17) is 5.73 Å². The van der Waals surface area contributed by atoms with Crippen LogP contribution in [0, 0.1) is 5.92 Å². The van der Waals surface area contributed by atoms with Crippen LogP contribution in [0.15, 0.2) is 0 Å². The Morgan fingerprint density at radius 1 is 1.10 bits per heavy atom. The van der Waals surface area contributed by atoms with E-state index in [2.05, 4.69) is 9.62 Å². The molecule has 21 heavy (non-hydrogen) atoms. The standard InChI is InChI=1S/C14H32N4O2S/c1-14(2)13-16-21(19,20)18-10-6-9-17(11-12-18)8-5-3-4-7-15/h14,16H,3-13,15H2,1-2H3. The molecule has 0 unspecified atom stereocenters. The summed E-state index contributed by atoms with van der Waals surface area (Å²) in [5.74, 6) is 0.325. The molecule has 0 atom stereocenters. The van der Waals surface area contributed by atoms with Crippen molar-refractivity contribution in [3.05, 3.63) is 0 Å². The van der Waals surface area contributed by atoms with Crippen LogP contribution in [-0.4, -0.2) is 63.4 Å². The van der Waals surface area contributed by atoms with Crippen molar-refractivity contribution < 1.29 is 8.42 Å². The van der Waals surface area contributed by atoms with Gasteiger partial charge in [0.2, 0.25) is 0 Å². The third-order valence-electron chi connectivity index (χ3n) is 3.74. The number of unbranched alkanes of at least 4 members (excludes halogenated alkanes) is 2. The van der Waals surface area contributed by atoms with Crippen molar-refractivity contribution in [2.24, 2.45) is 11.7 Å². The SMILES string of the molecule is CC(C)CNS(=O)(=O)N1CCCN(CCCCCN)CC1. The van der Waals surface area contributed by atoms with Gasteiger partial charge in [-0.3, -0.25) is 0 Å². The Bertz CT molecular complexity index is 373. The first-order valence-electron chi connectivity index (χ1n) is 8.13. The molecule has 0 aromatic heterocycles. The molecule has 1 heterocycles. The van der Waals surface area contributed by atoms with Gasteiger partial charge in [0, 0.05) is 26.2 Å². The first-order chi connectivity index (χ1) is 9.95. The molecule has 0 amide bonds. The molecule has 1 aliphatic heterocycles. The number of nitrogens with zero attached hydrogens (tertiary/aromatic N) is 2. The molecule has 3 N–H and O–H groups in total. The number of nitrogens with one attached hydrogen (secondary N) is 1. The minimum absolute atomic E-state index is 0.325. The molecule has 1 aliphatic rings. The second kappa shape index (κ2) is 9.74. The summed E-state index contributed by atoms with van der Waals surface area (Å²) in [6.07, 6.45) is 4.29. The van der Waals surface area contributed by atoms with Crippen LogP contribution in [0.2, 0.25) is 0 Å². The van der Waals surface area contributed by atoms with Crippen molar-refractivity contribution in [3.63, 3.8) is 0 Å². The van der Waals surface area contributed by atoms with Crippen LogP contribution in [0.3, 0.4) is 0 Å². The highest BCUT2D eigenvalue weighted by Gasteiger charge is 2.24. The topological polar surface area (TPSA) is 78.7 Å². The normalized spacial score (nSPS) is 19.0. The monoisotopic (exact) mass is 320 g/mol. The molecule has 0 saturated carbocycles. The summed E-state index contributed by atoms with van der Waals surface area (Å²) < 4.78 is 28.8. The fraction of sp³-hybridized carbons (Fsp3) is 1.00. The summed E-state index contributed by atoms with van der Waals surface area (Å²) in [6, 6.07) is 0. The number of nitrogens with two attached hydrogens (primary N) is 1. The van der Waals surface area contributed by atoms with Gasteiger partial charge in [-0.15, -0.1) is 0 Å². The van der Waals surface area contributed by atoms with Crippen molar-refractivity contribution in [1.82, 2.24) is 13.9 Å². The van der Waals surface area contributed by atoms with Crippen LogP contribution in [-0.2, 0) is 10.2 Å². The van der Waals surface area contributed by atoms with Crippen molar-refractivity contribution in [3.8, 4) is 0 Å². The van der Waals surface area contributed by atoms with Crippen molar-refractivity contribution in [2.75, 3.05) is 45.8 Å². The minimum Gasteiger partial charge on any atom is -0.330 e. The van der Waals surface area contributed by atoms with Crippen LogP contribution < -0.4 is 10.5 Å². The molecule has 0 aromatic carbocycles. The fourth-order valence-electron chi connectivity index (χ4n) is 2.43. The van der Waals surface area contributed by atoms with E-state index in [-0.39, 0.29) is 0 Å². The van der Waals surface area contributed by atoms with Crippen molar-refractivity contribution >= 4 is 10.2 Å². The van der Waals surface area contributed by atoms with E-state index in [0.29, 0.717) is 25.6 Å². The lowest BCUT2D eigenvalue weighted by Gasteiger charge is -2.22. The van der Waals surface area contributed by atoms with E-state index in [9.17, 15) is 8.42 Å². The highest BCUT2D eigenvalue weighted by Crippen LogP contribution is 2.09. The average Bonchev–Trinajstić information content (AvgIpc) is 2.68. The first-order valence-corrected chi connectivity index (χ1v) is 9.57. The van der Waals surface area contributed by atoms with E-state index in [1.165, 1.54) is 0 Å². The zero-order valence-electron chi connectivity index (χ0n) is 13.6. The van der Waals surface area contributed by atoms with Gasteiger partial charge in [0.1, 0.15) is 0 Å². The third-order valence-corrected chi connectivity index (χ3v) is 5.32. The second-order valence-electron chi connectivity index (χ2n) is 6.19. The highest BCUT2D eigenvalue weighted by atomic mass is 32.2. The van der Waals surface area contributed by atoms with Crippen LogP contribution in [0.25, 0.3) is 0 Å². The van der Waals surface area contributed by atoms with Crippen molar-refractivity contribution in [2.45, 2.75) is 39.5 Å². The molecule has 126 valence electrons. The lowest BCUT2D eigenvalue weighted by Crippen LogP contribution is -2.43. The molecular formula is C14H32N4O2S. The van der Waals surface area contributed by atoms with Gasteiger partial charge < -0.3 is 10.6 Å². The van der Waals surface area contributed by atoms with Gasteiger partial charge in [0.05, 0.1) is 0 Å². The van der Waals surface area contributed by atoms with Gasteiger partial charge in [-0.2, -0.15) is 12.7 Å². The molecule has 1 fully saturated rings. The molecule has 1 rings (SSSR count). The van der Waals surface area contributed by atoms with E-state index in [0.717, 1.165) is 51.9 Å². The van der Waals surface area contributed by atoms with Crippen molar-refractivity contribution in [1.29, 1.82) is 0 Å². The predicted molar refractivity (Wildman–Crippen MR) is 87.3 cm³/mol. The summed E-state index contributed by atoms with van der Waals surface area (Å²) >= 11 is 0. The molecule has 6 nitrogen and oxygen atoms in total. The Balaban J connectivity index is 2.37. The Hall–Kier alpha value is -0.210. The van der Waals surface area contributed by atoms with E-state index < -0.39 is 10.2 Å². The largest absolute Gasteiger partial charge is 0.330 e. The van der Waals surface area contributed by atoms with Crippen LogP contribution in [0.5, 0.6) is 0 Å². The molecule has 0 aliphatic carbocycles. The highest BCUT2D eigenvalue weighted by molar-refractivity contribution is 7.87. The Labute approximate surface area is 130 Å². The maximum Gasteiger partial charge on any atom is 0.279 e. The summed E-state index contributed by atoms with van der Waals surface area (Å²) in [5, 5.41) is 0. The summed E-state index contributed by atoms with van der Waals surface area (Å²) in [4.78, 5) is 2.37. The van der Waals surface area contributed by atoms with Crippen LogP contribution >= 0.6 is 0 Å². The van der Waals surface area contributed by atoms with Gasteiger partial charge in [0.15, 0.2) is 0 Å². The van der Waals surface area contributed by atoms with Gasteiger partial charge >= 0.3 is 0 Å².